The molecule has 1 aromatic heterocycles. The molecule has 1 aliphatic rings. The number of allylic oxidation sites excluding steroid dienone is 1. The quantitative estimate of drug-likeness (QED) is 0.733. The summed E-state index contributed by atoms with van der Waals surface area (Å²) < 4.78 is 0. The van der Waals surface area contributed by atoms with Gasteiger partial charge in [0.25, 0.3) is 0 Å². The Morgan fingerprint density at radius 1 is 1.31 bits per heavy atom. The van der Waals surface area contributed by atoms with Crippen LogP contribution in [0.15, 0.2) is 37.1 Å². The van der Waals surface area contributed by atoms with Gasteiger partial charge in [-0.15, -0.1) is 13.2 Å². The van der Waals surface area contributed by atoms with E-state index in [9.17, 15) is 5.11 Å². The zero-order valence-electron chi connectivity index (χ0n) is 10.0. The summed E-state index contributed by atoms with van der Waals surface area (Å²) in [6.45, 7) is 10.0. The molecule has 0 saturated carbocycles. The second kappa shape index (κ2) is 5.61. The molecule has 0 spiro atoms. The van der Waals surface area contributed by atoms with Crippen molar-refractivity contribution in [2.24, 2.45) is 0 Å². The van der Waals surface area contributed by atoms with Crippen LogP contribution in [-0.2, 0) is 0 Å². The minimum absolute atomic E-state index is 0.256. The van der Waals surface area contributed by atoms with Crippen LogP contribution in [0.25, 0.3) is 5.57 Å². The highest BCUT2D eigenvalue weighted by Gasteiger charge is 2.21. The number of rotatable bonds is 1. The summed E-state index contributed by atoms with van der Waals surface area (Å²) >= 11 is 0. The molecule has 1 atom stereocenters. The summed E-state index contributed by atoms with van der Waals surface area (Å²) in [5.74, 6) is 0. The van der Waals surface area contributed by atoms with Crippen LogP contribution in [0.2, 0.25) is 0 Å². The van der Waals surface area contributed by atoms with Gasteiger partial charge in [0.2, 0.25) is 0 Å². The molecule has 2 rings (SSSR count). The second-order valence-electron chi connectivity index (χ2n) is 3.94. The first-order valence-corrected chi connectivity index (χ1v) is 5.49. The van der Waals surface area contributed by atoms with Crippen LogP contribution in [-0.4, -0.2) is 16.2 Å². The number of nitrogens with zero attached hydrogens (tertiary/aromatic N) is 1. The highest BCUT2D eigenvalue weighted by atomic mass is 16.3. The summed E-state index contributed by atoms with van der Waals surface area (Å²) in [4.78, 5) is 4.38. The number of aliphatic hydroxyl groups is 1. The molecule has 0 bridgehead atoms. The van der Waals surface area contributed by atoms with E-state index in [2.05, 4.69) is 24.2 Å². The van der Waals surface area contributed by atoms with Gasteiger partial charge in [0.1, 0.15) is 0 Å². The molecule has 1 heterocycles. The summed E-state index contributed by atoms with van der Waals surface area (Å²) in [7, 11) is 0. The Morgan fingerprint density at radius 3 is 2.44 bits per heavy atom. The molecule has 2 heteroatoms. The third-order valence-corrected chi connectivity index (χ3v) is 2.86. The topological polar surface area (TPSA) is 33.1 Å². The third kappa shape index (κ3) is 2.58. The van der Waals surface area contributed by atoms with Crippen LogP contribution in [0, 0.1) is 6.92 Å². The van der Waals surface area contributed by atoms with E-state index in [1.165, 1.54) is 11.1 Å². The summed E-state index contributed by atoms with van der Waals surface area (Å²) in [6.07, 6.45) is 3.41. The van der Waals surface area contributed by atoms with E-state index in [1.54, 1.807) is 0 Å². The molecule has 1 aliphatic carbocycles. The molecule has 1 aromatic rings. The van der Waals surface area contributed by atoms with Gasteiger partial charge in [-0.3, -0.25) is 4.98 Å². The normalized spacial score (nSPS) is 19.3. The van der Waals surface area contributed by atoms with Crippen molar-refractivity contribution in [3.63, 3.8) is 0 Å². The van der Waals surface area contributed by atoms with Gasteiger partial charge in [0, 0.05) is 6.20 Å². The van der Waals surface area contributed by atoms with Gasteiger partial charge in [-0.1, -0.05) is 6.07 Å². The molecule has 0 radical (unpaired) electrons. The summed E-state index contributed by atoms with van der Waals surface area (Å²) in [5, 5.41) is 9.60. The molecule has 1 N–H and O–H groups in total. The maximum Gasteiger partial charge on any atom is 0.0757 e. The Labute approximate surface area is 97.4 Å². The standard InChI is InChI=1S/C12H15NO.C2H4/c1-8-3-5-11(13-7-8)10-4-6-12(14)9(10)2;1-2/h3,5,7,12,14H,4,6H2,1-2H3;1-2H2. The van der Waals surface area contributed by atoms with Gasteiger partial charge >= 0.3 is 0 Å². The van der Waals surface area contributed by atoms with Crippen LogP contribution >= 0.6 is 0 Å². The molecular formula is C14H19NO. The van der Waals surface area contributed by atoms with Crippen LogP contribution in [0.3, 0.4) is 0 Å². The molecule has 2 nitrogen and oxygen atoms in total. The van der Waals surface area contributed by atoms with E-state index in [4.69, 9.17) is 0 Å². The molecule has 0 fully saturated rings. The minimum atomic E-state index is -0.256. The lowest BCUT2D eigenvalue weighted by atomic mass is 10.1. The van der Waals surface area contributed by atoms with Crippen LogP contribution in [0.5, 0.6) is 0 Å². The van der Waals surface area contributed by atoms with Gasteiger partial charge < -0.3 is 5.11 Å². The van der Waals surface area contributed by atoms with Crippen molar-refractivity contribution >= 4 is 5.57 Å². The van der Waals surface area contributed by atoms with Gasteiger partial charge in [0.05, 0.1) is 11.8 Å². The summed E-state index contributed by atoms with van der Waals surface area (Å²) in [5.41, 5.74) is 4.49. The van der Waals surface area contributed by atoms with Crippen molar-refractivity contribution in [3.05, 3.63) is 48.3 Å². The average molecular weight is 217 g/mol. The number of aryl methyl sites for hydroxylation is 1. The molecule has 0 aliphatic heterocycles. The van der Waals surface area contributed by atoms with Crippen molar-refractivity contribution in [1.29, 1.82) is 0 Å². The van der Waals surface area contributed by atoms with Gasteiger partial charge in [-0.05, 0) is 49.5 Å². The maximum absolute atomic E-state index is 9.60. The zero-order chi connectivity index (χ0) is 12.1. The smallest absolute Gasteiger partial charge is 0.0757 e. The van der Waals surface area contributed by atoms with Crippen molar-refractivity contribution in [3.8, 4) is 0 Å². The van der Waals surface area contributed by atoms with Crippen molar-refractivity contribution in [1.82, 2.24) is 4.98 Å². The van der Waals surface area contributed by atoms with E-state index in [0.717, 1.165) is 24.1 Å². The molecule has 0 saturated heterocycles. The predicted octanol–water partition coefficient (Wildman–Crippen LogP) is 3.12. The lowest BCUT2D eigenvalue weighted by Crippen LogP contribution is -2.01. The Hall–Kier alpha value is -1.41. The Balaban J connectivity index is 0.000000606. The highest BCUT2D eigenvalue weighted by Crippen LogP contribution is 2.32. The molecular weight excluding hydrogens is 198 g/mol. The van der Waals surface area contributed by atoms with E-state index >= 15 is 0 Å². The predicted molar refractivity (Wildman–Crippen MR) is 68.1 cm³/mol. The van der Waals surface area contributed by atoms with Gasteiger partial charge in [0.15, 0.2) is 0 Å². The number of aliphatic hydroxyl groups excluding tert-OH is 1. The fourth-order valence-corrected chi connectivity index (χ4v) is 1.87. The fourth-order valence-electron chi connectivity index (χ4n) is 1.87. The van der Waals surface area contributed by atoms with E-state index < -0.39 is 0 Å². The Morgan fingerprint density at radius 2 is 2.00 bits per heavy atom. The van der Waals surface area contributed by atoms with Gasteiger partial charge in [-0.2, -0.15) is 0 Å². The van der Waals surface area contributed by atoms with Crippen molar-refractivity contribution < 1.29 is 5.11 Å². The van der Waals surface area contributed by atoms with Crippen LogP contribution in [0.1, 0.15) is 31.0 Å². The molecule has 1 unspecified atom stereocenters. The Bertz CT molecular complexity index is 378. The number of aromatic nitrogens is 1. The molecule has 0 aromatic carbocycles. The molecule has 0 amide bonds. The Kier molecular flexibility index (Phi) is 4.44. The monoisotopic (exact) mass is 217 g/mol. The van der Waals surface area contributed by atoms with Crippen molar-refractivity contribution in [2.45, 2.75) is 32.8 Å². The van der Waals surface area contributed by atoms with Crippen molar-refractivity contribution in [2.75, 3.05) is 0 Å². The lowest BCUT2D eigenvalue weighted by Gasteiger charge is -2.04. The third-order valence-electron chi connectivity index (χ3n) is 2.86. The highest BCUT2D eigenvalue weighted by molar-refractivity contribution is 5.68. The van der Waals surface area contributed by atoms with E-state index in [-0.39, 0.29) is 6.10 Å². The van der Waals surface area contributed by atoms with Gasteiger partial charge in [-0.25, -0.2) is 0 Å². The SMILES string of the molecule is C=C.CC1=C(c2ccc(C)cn2)CCC1O. The first kappa shape index (κ1) is 12.7. The van der Waals surface area contributed by atoms with Crippen LogP contribution in [0.4, 0.5) is 0 Å². The largest absolute Gasteiger partial charge is 0.389 e. The second-order valence-corrected chi connectivity index (χ2v) is 3.94. The first-order valence-electron chi connectivity index (χ1n) is 5.49. The lowest BCUT2D eigenvalue weighted by molar-refractivity contribution is 0.212. The average Bonchev–Trinajstić information content (AvgIpc) is 2.64. The first-order chi connectivity index (χ1) is 7.68. The maximum atomic E-state index is 9.60. The van der Waals surface area contributed by atoms with Crippen LogP contribution < -0.4 is 0 Å². The number of hydrogen-bond acceptors (Lipinski definition) is 2. The fraction of sp³-hybridized carbons (Fsp3) is 0.357. The number of hydrogen-bond donors (Lipinski definition) is 1. The molecule has 86 valence electrons. The zero-order valence-corrected chi connectivity index (χ0v) is 10.0. The van der Waals surface area contributed by atoms with E-state index in [1.807, 2.05) is 26.1 Å². The number of pyridine rings is 1. The van der Waals surface area contributed by atoms with E-state index in [0.29, 0.717) is 0 Å². The molecule has 16 heavy (non-hydrogen) atoms. The summed E-state index contributed by atoms with van der Waals surface area (Å²) in [6, 6.07) is 4.10. The minimum Gasteiger partial charge on any atom is -0.389 e.